The molecule has 1 atom stereocenters. The molecule has 1 aromatic heterocycles. The molecule has 28 heavy (non-hydrogen) atoms. The number of hydrogen-bond donors (Lipinski definition) is 1. The van der Waals surface area contributed by atoms with Gasteiger partial charge in [-0.2, -0.15) is 0 Å². The summed E-state index contributed by atoms with van der Waals surface area (Å²) in [5.74, 6) is -0.310. The van der Waals surface area contributed by atoms with Crippen LogP contribution < -0.4 is 16.6 Å². The van der Waals surface area contributed by atoms with Crippen molar-refractivity contribution in [1.82, 2.24) is 14.5 Å². The number of rotatable bonds is 6. The topological polar surface area (TPSA) is 56.0 Å². The molecule has 0 saturated carbocycles. The molecule has 1 heterocycles. The van der Waals surface area contributed by atoms with Crippen LogP contribution in [0.2, 0.25) is 0 Å². The van der Waals surface area contributed by atoms with Gasteiger partial charge in [-0.05, 0) is 35.2 Å². The molecule has 0 aliphatic rings. The molecule has 1 N–H and O–H groups in total. The van der Waals surface area contributed by atoms with Crippen molar-refractivity contribution in [3.8, 4) is 0 Å². The maximum atomic E-state index is 13.8. The minimum atomic E-state index is -0.376. The Morgan fingerprint density at radius 3 is 2.32 bits per heavy atom. The minimum Gasteiger partial charge on any atom is -0.301 e. The van der Waals surface area contributed by atoms with Crippen LogP contribution in [0.15, 0.2) is 64.2 Å². The first-order valence-electron chi connectivity index (χ1n) is 9.24. The van der Waals surface area contributed by atoms with Crippen LogP contribution in [0.4, 0.5) is 4.39 Å². The number of nitrogens with one attached hydrogen (secondary N) is 1. The van der Waals surface area contributed by atoms with E-state index in [0.717, 1.165) is 22.1 Å². The van der Waals surface area contributed by atoms with Crippen molar-refractivity contribution in [2.24, 2.45) is 14.1 Å². The smallest absolute Gasteiger partial charge is 0.301 e. The number of halogens is 1. The fraction of sp³-hybridized carbons (Fsp3) is 0.273. The molecule has 0 amide bonds. The number of aromatic nitrogens is 2. The number of nitrogens with zero attached hydrogens (tertiary/aromatic N) is 2. The first-order valence-corrected chi connectivity index (χ1v) is 9.24. The lowest BCUT2D eigenvalue weighted by molar-refractivity contribution is 0.555. The molecule has 2 aromatic carbocycles. The van der Waals surface area contributed by atoms with Gasteiger partial charge in [0.2, 0.25) is 0 Å². The summed E-state index contributed by atoms with van der Waals surface area (Å²) >= 11 is 0. The maximum absolute atomic E-state index is 13.8. The van der Waals surface area contributed by atoms with Gasteiger partial charge in [0.05, 0.1) is 6.04 Å². The average molecular weight is 381 g/mol. The fourth-order valence-corrected chi connectivity index (χ4v) is 3.21. The van der Waals surface area contributed by atoms with Gasteiger partial charge in [0, 0.05) is 32.4 Å². The molecule has 0 aliphatic heterocycles. The van der Waals surface area contributed by atoms with Gasteiger partial charge < -0.3 is 5.32 Å². The van der Waals surface area contributed by atoms with Crippen molar-refractivity contribution >= 4 is 0 Å². The summed E-state index contributed by atoms with van der Waals surface area (Å²) in [5.41, 5.74) is 2.82. The van der Waals surface area contributed by atoms with E-state index in [1.807, 2.05) is 18.2 Å². The van der Waals surface area contributed by atoms with Gasteiger partial charge in [-0.3, -0.25) is 13.9 Å². The first kappa shape index (κ1) is 19.8. The van der Waals surface area contributed by atoms with Crippen LogP contribution in [-0.4, -0.2) is 9.13 Å². The Morgan fingerprint density at radius 1 is 0.964 bits per heavy atom. The molecule has 0 bridgehead atoms. The summed E-state index contributed by atoms with van der Waals surface area (Å²) in [6.07, 6.45) is 0.938. The minimum absolute atomic E-state index is 0.277. The lowest BCUT2D eigenvalue weighted by Crippen LogP contribution is -2.39. The van der Waals surface area contributed by atoms with Gasteiger partial charge in [-0.25, -0.2) is 9.18 Å². The van der Waals surface area contributed by atoms with E-state index in [-0.39, 0.29) is 23.1 Å². The van der Waals surface area contributed by atoms with E-state index in [9.17, 15) is 14.0 Å². The largest absolute Gasteiger partial charge is 0.330 e. The predicted octanol–water partition coefficient (Wildman–Crippen LogP) is 2.66. The zero-order valence-electron chi connectivity index (χ0n) is 16.3. The Bertz CT molecular complexity index is 1080. The zero-order valence-corrected chi connectivity index (χ0v) is 16.3. The molecule has 0 radical (unpaired) electrons. The first-order chi connectivity index (χ1) is 13.4. The van der Waals surface area contributed by atoms with Crippen LogP contribution in [0, 0.1) is 5.82 Å². The summed E-state index contributed by atoms with van der Waals surface area (Å²) in [6.45, 7) is 2.38. The molecule has 3 rings (SSSR count). The van der Waals surface area contributed by atoms with E-state index >= 15 is 0 Å². The molecule has 5 nitrogen and oxygen atoms in total. The summed E-state index contributed by atoms with van der Waals surface area (Å²) in [5, 5.41) is 3.37. The molecular formula is C22H24FN3O2. The average Bonchev–Trinajstić information content (AvgIpc) is 2.70. The van der Waals surface area contributed by atoms with E-state index in [0.29, 0.717) is 12.2 Å². The number of aryl methyl sites for hydroxylation is 1. The lowest BCUT2D eigenvalue weighted by atomic mass is 9.97. The zero-order chi connectivity index (χ0) is 20.3. The Balaban J connectivity index is 1.96. The molecule has 3 aromatic rings. The number of benzene rings is 2. The summed E-state index contributed by atoms with van der Waals surface area (Å²) in [7, 11) is 3.08. The Morgan fingerprint density at radius 2 is 1.68 bits per heavy atom. The summed E-state index contributed by atoms with van der Waals surface area (Å²) < 4.78 is 16.3. The Kier molecular flexibility index (Phi) is 5.90. The van der Waals surface area contributed by atoms with Crippen molar-refractivity contribution in [3.63, 3.8) is 0 Å². The van der Waals surface area contributed by atoms with Crippen LogP contribution in [0.25, 0.3) is 0 Å². The Labute approximate surface area is 163 Å². The standard InChI is InChI=1S/C22H24FN3O2/c1-4-15-8-10-16(11-9-15)21(17-6-5-7-18(23)12-17)24-14-19-13-20(27)26(3)22(28)25(19)2/h5-13,21,24H,4,14H2,1-3H3/t21-/m0/s1. The number of hydrogen-bond acceptors (Lipinski definition) is 3. The maximum Gasteiger partial charge on any atom is 0.330 e. The molecule has 0 aliphatic carbocycles. The second-order valence-electron chi connectivity index (χ2n) is 6.84. The fourth-order valence-electron chi connectivity index (χ4n) is 3.21. The van der Waals surface area contributed by atoms with Crippen LogP contribution in [0.3, 0.4) is 0 Å². The second kappa shape index (κ2) is 8.35. The van der Waals surface area contributed by atoms with Crippen LogP contribution in [0.1, 0.15) is 35.3 Å². The van der Waals surface area contributed by atoms with Crippen molar-refractivity contribution in [3.05, 3.63) is 104 Å². The SMILES string of the molecule is CCc1ccc([C@H](NCc2cc(=O)n(C)c(=O)n2C)c2cccc(F)c2)cc1. The highest BCUT2D eigenvalue weighted by Gasteiger charge is 2.16. The predicted molar refractivity (Wildman–Crippen MR) is 108 cm³/mol. The third-order valence-electron chi connectivity index (χ3n) is 5.02. The molecule has 146 valence electrons. The molecule has 0 saturated heterocycles. The summed E-state index contributed by atoms with van der Waals surface area (Å²) in [6, 6.07) is 15.7. The van der Waals surface area contributed by atoms with Gasteiger partial charge in [-0.1, -0.05) is 43.3 Å². The molecular weight excluding hydrogens is 357 g/mol. The van der Waals surface area contributed by atoms with Crippen LogP contribution in [0.5, 0.6) is 0 Å². The van der Waals surface area contributed by atoms with Crippen molar-refractivity contribution in [2.45, 2.75) is 25.9 Å². The van der Waals surface area contributed by atoms with Gasteiger partial charge in [0.15, 0.2) is 0 Å². The van der Waals surface area contributed by atoms with E-state index in [1.165, 1.54) is 35.4 Å². The molecule has 0 unspecified atom stereocenters. The Hall–Kier alpha value is -2.99. The van der Waals surface area contributed by atoms with E-state index in [4.69, 9.17) is 0 Å². The van der Waals surface area contributed by atoms with Gasteiger partial charge in [-0.15, -0.1) is 0 Å². The van der Waals surface area contributed by atoms with Gasteiger partial charge in [0.25, 0.3) is 5.56 Å². The highest BCUT2D eigenvalue weighted by molar-refractivity contribution is 5.34. The van der Waals surface area contributed by atoms with Crippen LogP contribution >= 0.6 is 0 Å². The van der Waals surface area contributed by atoms with Crippen LogP contribution in [-0.2, 0) is 27.1 Å². The highest BCUT2D eigenvalue weighted by atomic mass is 19.1. The van der Waals surface area contributed by atoms with Crippen molar-refractivity contribution < 1.29 is 4.39 Å². The molecule has 0 spiro atoms. The molecule has 0 fully saturated rings. The third-order valence-corrected chi connectivity index (χ3v) is 5.02. The van der Waals surface area contributed by atoms with E-state index < -0.39 is 0 Å². The normalized spacial score (nSPS) is 12.1. The van der Waals surface area contributed by atoms with E-state index in [2.05, 4.69) is 24.4 Å². The van der Waals surface area contributed by atoms with Gasteiger partial charge >= 0.3 is 5.69 Å². The van der Waals surface area contributed by atoms with Gasteiger partial charge in [0.1, 0.15) is 5.82 Å². The van der Waals surface area contributed by atoms with E-state index in [1.54, 1.807) is 13.1 Å². The highest BCUT2D eigenvalue weighted by Crippen LogP contribution is 2.24. The van der Waals surface area contributed by atoms with Crippen molar-refractivity contribution in [2.75, 3.05) is 0 Å². The monoisotopic (exact) mass is 381 g/mol. The molecule has 6 heteroatoms. The summed E-state index contributed by atoms with van der Waals surface area (Å²) in [4.78, 5) is 24.1. The second-order valence-corrected chi connectivity index (χ2v) is 6.84. The van der Waals surface area contributed by atoms with Crippen molar-refractivity contribution in [1.29, 1.82) is 0 Å². The third kappa shape index (κ3) is 4.12. The lowest BCUT2D eigenvalue weighted by Gasteiger charge is -2.21. The quantitative estimate of drug-likeness (QED) is 0.714.